The molecule has 1 rings (SSSR count). The number of unbranched alkanes of at least 4 members (excludes halogenated alkanes) is 21. The van der Waals surface area contributed by atoms with Gasteiger partial charge in [-0.3, -0.25) is 0 Å². The van der Waals surface area contributed by atoms with Gasteiger partial charge in [0.2, 0.25) is 0 Å². The van der Waals surface area contributed by atoms with Crippen LogP contribution in [0.3, 0.4) is 0 Å². The van der Waals surface area contributed by atoms with Crippen molar-refractivity contribution in [1.82, 2.24) is 0 Å². The molecule has 236 valence electrons. The maximum atomic E-state index is 2.59. The van der Waals surface area contributed by atoms with E-state index in [1.54, 1.807) is 5.19 Å². The molecule has 0 heterocycles. The van der Waals surface area contributed by atoms with Crippen molar-refractivity contribution in [3.05, 3.63) is 54.6 Å². The van der Waals surface area contributed by atoms with Crippen molar-refractivity contribution in [2.24, 2.45) is 0 Å². The second kappa shape index (κ2) is 29.0. The van der Waals surface area contributed by atoms with Crippen molar-refractivity contribution in [2.75, 3.05) is 0 Å². The summed E-state index contributed by atoms with van der Waals surface area (Å²) in [6.07, 6.45) is 44.0. The summed E-state index contributed by atoms with van der Waals surface area (Å²) >= 11 is 0. The Morgan fingerprint density at radius 3 is 1.20 bits per heavy atom. The van der Waals surface area contributed by atoms with Gasteiger partial charge in [-0.2, -0.15) is 0 Å². The number of rotatable bonds is 30. The van der Waals surface area contributed by atoms with E-state index < -0.39 is 8.07 Å². The average Bonchev–Trinajstić information content (AvgIpc) is 3.00. The van der Waals surface area contributed by atoms with Crippen LogP contribution in [0, 0.1) is 0 Å². The molecule has 0 nitrogen and oxygen atoms in total. The predicted octanol–water partition coefficient (Wildman–Crippen LogP) is 13.9. The van der Waals surface area contributed by atoms with Gasteiger partial charge in [0.05, 0.1) is 8.07 Å². The SMILES string of the molecule is CCCCCC=CC[Si](CC=CCCCCC)(CCCCCCCCCCCCCCCCCC)c1ccccc1. The predicted molar refractivity (Wildman–Crippen MR) is 192 cm³/mol. The Bertz CT molecular complexity index is 681. The minimum Gasteiger partial charge on any atom is -0.0909 e. The van der Waals surface area contributed by atoms with E-state index >= 15 is 0 Å². The van der Waals surface area contributed by atoms with E-state index in [1.807, 2.05) is 0 Å². The lowest BCUT2D eigenvalue weighted by Gasteiger charge is -2.31. The topological polar surface area (TPSA) is 0 Å². The lowest BCUT2D eigenvalue weighted by molar-refractivity contribution is 0.531. The van der Waals surface area contributed by atoms with Crippen LogP contribution in [0.2, 0.25) is 18.1 Å². The molecule has 0 radical (unpaired) electrons. The fourth-order valence-corrected chi connectivity index (χ4v) is 10.7. The third-order valence-electron chi connectivity index (χ3n) is 9.19. The van der Waals surface area contributed by atoms with Gasteiger partial charge in [-0.15, -0.1) is 0 Å². The molecule has 0 amide bonds. The summed E-state index contributed by atoms with van der Waals surface area (Å²) in [5.74, 6) is 0. The first-order valence-electron chi connectivity index (χ1n) is 18.6. The van der Waals surface area contributed by atoms with E-state index in [0.29, 0.717) is 0 Å². The molecule has 0 spiro atoms. The Kier molecular flexibility index (Phi) is 26.8. The van der Waals surface area contributed by atoms with Gasteiger partial charge < -0.3 is 0 Å². The highest BCUT2D eigenvalue weighted by atomic mass is 28.3. The summed E-state index contributed by atoms with van der Waals surface area (Å²) in [7, 11) is -1.59. The van der Waals surface area contributed by atoms with Crippen LogP contribution in [0.15, 0.2) is 54.6 Å². The fourth-order valence-electron chi connectivity index (χ4n) is 6.35. The van der Waals surface area contributed by atoms with E-state index in [0.717, 1.165) is 0 Å². The van der Waals surface area contributed by atoms with E-state index in [4.69, 9.17) is 0 Å². The minimum absolute atomic E-state index is 1.26. The van der Waals surface area contributed by atoms with Crippen LogP contribution in [0.4, 0.5) is 0 Å². The highest BCUT2D eigenvalue weighted by molar-refractivity contribution is 6.92. The summed E-state index contributed by atoms with van der Waals surface area (Å²) in [5.41, 5.74) is 0. The van der Waals surface area contributed by atoms with Crippen molar-refractivity contribution in [3.63, 3.8) is 0 Å². The summed E-state index contributed by atoms with van der Waals surface area (Å²) in [4.78, 5) is 0. The summed E-state index contributed by atoms with van der Waals surface area (Å²) < 4.78 is 0. The van der Waals surface area contributed by atoms with Crippen LogP contribution in [0.1, 0.15) is 175 Å². The largest absolute Gasteiger partial charge is 0.0940 e. The molecule has 1 heteroatoms. The normalized spacial score (nSPS) is 13.4. The lowest BCUT2D eigenvalue weighted by atomic mass is 10.0. The summed E-state index contributed by atoms with van der Waals surface area (Å²) in [5, 5.41) is 1.69. The molecule has 0 unspecified atom stereocenters. The van der Waals surface area contributed by atoms with Crippen LogP contribution >= 0.6 is 0 Å². The zero-order valence-corrected chi connectivity index (χ0v) is 29.3. The maximum absolute atomic E-state index is 2.59. The van der Waals surface area contributed by atoms with E-state index in [2.05, 4.69) is 75.4 Å². The standard InChI is InChI=1S/C40H72Si/c1-4-7-10-13-16-17-18-19-20-21-22-23-24-25-28-34-39-41(40-35-30-29-31-36-40,37-32-26-14-11-8-5-2)38-33-27-15-12-9-6-3/h26-27,29-33,35-36H,4-25,28,34,37-39H2,1-3H3. The van der Waals surface area contributed by atoms with Gasteiger partial charge in [0, 0.05) is 0 Å². The number of allylic oxidation sites excluding steroid dienone is 4. The molecule has 1 aromatic carbocycles. The van der Waals surface area contributed by atoms with Gasteiger partial charge >= 0.3 is 0 Å². The smallest absolute Gasteiger partial charge is 0.0909 e. The van der Waals surface area contributed by atoms with E-state index in [9.17, 15) is 0 Å². The second-order valence-corrected chi connectivity index (χ2v) is 17.5. The first-order valence-corrected chi connectivity index (χ1v) is 21.3. The molecule has 0 saturated carbocycles. The molecule has 41 heavy (non-hydrogen) atoms. The Hall–Kier alpha value is -1.08. The first kappa shape index (κ1) is 37.9. The van der Waals surface area contributed by atoms with Crippen molar-refractivity contribution < 1.29 is 0 Å². The highest BCUT2D eigenvalue weighted by Crippen LogP contribution is 2.27. The van der Waals surface area contributed by atoms with Crippen LogP contribution in [-0.2, 0) is 0 Å². The number of hydrogen-bond donors (Lipinski definition) is 0. The zero-order valence-electron chi connectivity index (χ0n) is 28.3. The Morgan fingerprint density at radius 1 is 0.415 bits per heavy atom. The molecule has 0 aliphatic rings. The molecule has 0 aliphatic heterocycles. The third kappa shape index (κ3) is 21.3. The third-order valence-corrected chi connectivity index (χ3v) is 14.1. The van der Waals surface area contributed by atoms with Gasteiger partial charge in [0.15, 0.2) is 0 Å². The molecule has 0 atom stereocenters. The Balaban J connectivity index is 2.45. The second-order valence-electron chi connectivity index (χ2n) is 13.0. The van der Waals surface area contributed by atoms with Crippen molar-refractivity contribution in [1.29, 1.82) is 0 Å². The first-order chi connectivity index (χ1) is 20.3. The molecule has 0 fully saturated rings. The summed E-state index contributed by atoms with van der Waals surface area (Å²) in [6, 6.07) is 15.8. The van der Waals surface area contributed by atoms with Gasteiger partial charge in [-0.1, -0.05) is 215 Å². The Labute approximate surface area is 260 Å². The van der Waals surface area contributed by atoms with Crippen LogP contribution in [0.25, 0.3) is 0 Å². The monoisotopic (exact) mass is 581 g/mol. The lowest BCUT2D eigenvalue weighted by Crippen LogP contribution is -2.46. The molecule has 0 aromatic heterocycles. The van der Waals surface area contributed by atoms with Crippen LogP contribution < -0.4 is 5.19 Å². The molecule has 0 bridgehead atoms. The number of hydrogen-bond acceptors (Lipinski definition) is 0. The van der Waals surface area contributed by atoms with E-state index in [-0.39, 0.29) is 0 Å². The quantitative estimate of drug-likeness (QED) is 0.0482. The zero-order chi connectivity index (χ0) is 29.5. The van der Waals surface area contributed by atoms with Gasteiger partial charge in [-0.05, 0) is 37.8 Å². The molecular weight excluding hydrogens is 509 g/mol. The summed E-state index contributed by atoms with van der Waals surface area (Å²) in [6.45, 7) is 6.92. The maximum Gasteiger partial charge on any atom is 0.0940 e. The molecular formula is C40H72Si. The van der Waals surface area contributed by atoms with Crippen LogP contribution in [0.5, 0.6) is 0 Å². The van der Waals surface area contributed by atoms with Gasteiger partial charge in [0.1, 0.15) is 0 Å². The van der Waals surface area contributed by atoms with Gasteiger partial charge in [-0.25, -0.2) is 0 Å². The fraction of sp³-hybridized carbons (Fsp3) is 0.750. The van der Waals surface area contributed by atoms with E-state index in [1.165, 1.54) is 172 Å². The van der Waals surface area contributed by atoms with Crippen molar-refractivity contribution in [3.8, 4) is 0 Å². The van der Waals surface area contributed by atoms with Crippen molar-refractivity contribution in [2.45, 2.75) is 193 Å². The molecule has 1 aromatic rings. The average molecular weight is 581 g/mol. The molecule has 0 N–H and O–H groups in total. The van der Waals surface area contributed by atoms with Crippen LogP contribution in [-0.4, -0.2) is 8.07 Å². The number of benzene rings is 1. The molecule has 0 saturated heterocycles. The Morgan fingerprint density at radius 2 is 0.780 bits per heavy atom. The highest BCUT2D eigenvalue weighted by Gasteiger charge is 2.32. The minimum atomic E-state index is -1.59. The van der Waals surface area contributed by atoms with Gasteiger partial charge in [0.25, 0.3) is 0 Å². The molecule has 0 aliphatic carbocycles. The van der Waals surface area contributed by atoms with Crippen molar-refractivity contribution >= 4 is 13.3 Å².